The van der Waals surface area contributed by atoms with Gasteiger partial charge >= 0.3 is 0 Å². The Morgan fingerprint density at radius 2 is 1.62 bits per heavy atom. The van der Waals surface area contributed by atoms with Crippen molar-refractivity contribution >= 4 is 0 Å². The lowest BCUT2D eigenvalue weighted by molar-refractivity contribution is 0.157. The summed E-state index contributed by atoms with van der Waals surface area (Å²) in [4.78, 5) is 2.57. The van der Waals surface area contributed by atoms with Crippen LogP contribution in [0.2, 0.25) is 0 Å². The Hall–Kier alpha value is -0.0800. The first-order chi connectivity index (χ1) is 7.49. The summed E-state index contributed by atoms with van der Waals surface area (Å²) < 4.78 is 0. The Kier molecular flexibility index (Phi) is 5.77. The van der Waals surface area contributed by atoms with Gasteiger partial charge in [0.2, 0.25) is 0 Å². The lowest BCUT2D eigenvalue weighted by atomic mass is 9.89. The first-order valence-electron chi connectivity index (χ1n) is 6.95. The fourth-order valence-corrected chi connectivity index (χ4v) is 2.88. The van der Waals surface area contributed by atoms with Crippen LogP contribution < -0.4 is 5.32 Å². The molecule has 0 spiro atoms. The zero-order valence-electron chi connectivity index (χ0n) is 11.8. The highest BCUT2D eigenvalue weighted by atomic mass is 15.1. The second kappa shape index (κ2) is 6.61. The zero-order valence-corrected chi connectivity index (χ0v) is 11.8. The molecule has 0 aromatic carbocycles. The summed E-state index contributed by atoms with van der Waals surface area (Å²) in [7, 11) is 2.29. The van der Waals surface area contributed by atoms with E-state index in [-0.39, 0.29) is 0 Å². The molecule has 0 aliphatic heterocycles. The van der Waals surface area contributed by atoms with Gasteiger partial charge in [-0.2, -0.15) is 0 Å². The van der Waals surface area contributed by atoms with Crippen LogP contribution >= 0.6 is 0 Å². The third-order valence-electron chi connectivity index (χ3n) is 3.54. The smallest absolute Gasteiger partial charge is 0.00934 e. The minimum absolute atomic E-state index is 0.634. The van der Waals surface area contributed by atoms with Gasteiger partial charge in [0.15, 0.2) is 0 Å². The zero-order chi connectivity index (χ0) is 12.1. The van der Waals surface area contributed by atoms with Crippen LogP contribution in [0.25, 0.3) is 0 Å². The maximum absolute atomic E-state index is 3.66. The fourth-order valence-electron chi connectivity index (χ4n) is 2.88. The van der Waals surface area contributed by atoms with Gasteiger partial charge in [-0.3, -0.25) is 0 Å². The maximum Gasteiger partial charge on any atom is 0.00934 e. The maximum atomic E-state index is 3.66. The largest absolute Gasteiger partial charge is 0.312 e. The molecule has 2 nitrogen and oxygen atoms in total. The van der Waals surface area contributed by atoms with Crippen LogP contribution in [0.3, 0.4) is 0 Å². The van der Waals surface area contributed by atoms with Gasteiger partial charge in [0.1, 0.15) is 0 Å². The molecular formula is C14H30N2. The Labute approximate surface area is 102 Å². The lowest BCUT2D eigenvalue weighted by Crippen LogP contribution is -2.43. The number of nitrogens with one attached hydrogen (secondary N) is 1. The SMILES string of the molecule is CC(C)CN(C)[C@H]1CC[C@@H](NC(C)C)CC1. The summed E-state index contributed by atoms with van der Waals surface area (Å²) in [5.41, 5.74) is 0. The molecule has 1 aliphatic rings. The van der Waals surface area contributed by atoms with Gasteiger partial charge in [-0.05, 0) is 38.6 Å². The predicted octanol–water partition coefficient (Wildman–Crippen LogP) is 2.88. The van der Waals surface area contributed by atoms with Gasteiger partial charge in [0.25, 0.3) is 0 Å². The van der Waals surface area contributed by atoms with E-state index in [4.69, 9.17) is 0 Å². The normalized spacial score (nSPS) is 27.0. The third kappa shape index (κ3) is 4.84. The molecule has 0 unspecified atom stereocenters. The van der Waals surface area contributed by atoms with E-state index in [1.54, 1.807) is 0 Å². The second-order valence-electron chi connectivity index (χ2n) is 6.16. The second-order valence-corrected chi connectivity index (χ2v) is 6.16. The van der Waals surface area contributed by atoms with Gasteiger partial charge in [-0.15, -0.1) is 0 Å². The Balaban J connectivity index is 2.25. The van der Waals surface area contributed by atoms with E-state index in [0.717, 1.165) is 18.0 Å². The number of rotatable bonds is 5. The quantitative estimate of drug-likeness (QED) is 0.775. The molecular weight excluding hydrogens is 196 g/mol. The molecule has 0 heterocycles. The molecule has 2 heteroatoms. The van der Waals surface area contributed by atoms with Crippen LogP contribution in [0.5, 0.6) is 0 Å². The molecule has 1 rings (SSSR count). The van der Waals surface area contributed by atoms with Crippen molar-refractivity contribution in [1.29, 1.82) is 0 Å². The van der Waals surface area contributed by atoms with E-state index in [1.807, 2.05) is 0 Å². The van der Waals surface area contributed by atoms with Crippen molar-refractivity contribution in [2.45, 2.75) is 71.5 Å². The monoisotopic (exact) mass is 226 g/mol. The van der Waals surface area contributed by atoms with Crippen LogP contribution in [-0.4, -0.2) is 36.6 Å². The van der Waals surface area contributed by atoms with Crippen molar-refractivity contribution in [2.75, 3.05) is 13.6 Å². The molecule has 1 saturated carbocycles. The van der Waals surface area contributed by atoms with Crippen molar-refractivity contribution in [3.8, 4) is 0 Å². The molecule has 0 bridgehead atoms. The van der Waals surface area contributed by atoms with E-state index in [0.29, 0.717) is 6.04 Å². The van der Waals surface area contributed by atoms with Crippen molar-refractivity contribution in [1.82, 2.24) is 10.2 Å². The van der Waals surface area contributed by atoms with Gasteiger partial charge in [-0.25, -0.2) is 0 Å². The molecule has 0 aromatic rings. The number of hydrogen-bond donors (Lipinski definition) is 1. The minimum Gasteiger partial charge on any atom is -0.312 e. The van der Waals surface area contributed by atoms with Crippen molar-refractivity contribution < 1.29 is 0 Å². The van der Waals surface area contributed by atoms with Gasteiger partial charge < -0.3 is 10.2 Å². The van der Waals surface area contributed by atoms with Crippen LogP contribution in [0.4, 0.5) is 0 Å². The molecule has 1 N–H and O–H groups in total. The van der Waals surface area contributed by atoms with Gasteiger partial charge in [0, 0.05) is 24.7 Å². The summed E-state index contributed by atoms with van der Waals surface area (Å²) in [6.07, 6.45) is 5.44. The third-order valence-corrected chi connectivity index (χ3v) is 3.54. The Bertz CT molecular complexity index is 181. The first-order valence-corrected chi connectivity index (χ1v) is 6.95. The van der Waals surface area contributed by atoms with Crippen LogP contribution in [0.1, 0.15) is 53.4 Å². The highest BCUT2D eigenvalue weighted by Gasteiger charge is 2.24. The molecule has 16 heavy (non-hydrogen) atoms. The van der Waals surface area contributed by atoms with Crippen molar-refractivity contribution in [3.05, 3.63) is 0 Å². The van der Waals surface area contributed by atoms with Crippen LogP contribution in [-0.2, 0) is 0 Å². The molecule has 1 fully saturated rings. The first kappa shape index (κ1) is 14.0. The van der Waals surface area contributed by atoms with E-state index in [1.165, 1.54) is 32.2 Å². The fraction of sp³-hybridized carbons (Fsp3) is 1.00. The summed E-state index contributed by atoms with van der Waals surface area (Å²) >= 11 is 0. The highest BCUT2D eigenvalue weighted by Crippen LogP contribution is 2.23. The molecule has 0 radical (unpaired) electrons. The van der Waals surface area contributed by atoms with Crippen molar-refractivity contribution in [3.63, 3.8) is 0 Å². The van der Waals surface area contributed by atoms with E-state index in [2.05, 4.69) is 45.0 Å². The standard InChI is InChI=1S/C14H30N2/c1-11(2)10-16(5)14-8-6-13(7-9-14)15-12(3)4/h11-15H,6-10H2,1-5H3/t13-,14+. The molecule has 1 aliphatic carbocycles. The number of nitrogens with zero attached hydrogens (tertiary/aromatic N) is 1. The molecule has 0 atom stereocenters. The minimum atomic E-state index is 0.634. The molecule has 96 valence electrons. The predicted molar refractivity (Wildman–Crippen MR) is 71.8 cm³/mol. The van der Waals surface area contributed by atoms with Crippen molar-refractivity contribution in [2.24, 2.45) is 5.92 Å². The van der Waals surface area contributed by atoms with Crippen LogP contribution in [0.15, 0.2) is 0 Å². The highest BCUT2D eigenvalue weighted by molar-refractivity contribution is 4.82. The van der Waals surface area contributed by atoms with E-state index < -0.39 is 0 Å². The lowest BCUT2D eigenvalue weighted by Gasteiger charge is -2.36. The van der Waals surface area contributed by atoms with E-state index in [9.17, 15) is 0 Å². The summed E-state index contributed by atoms with van der Waals surface area (Å²) in [5.74, 6) is 0.788. The van der Waals surface area contributed by atoms with Gasteiger partial charge in [-0.1, -0.05) is 27.7 Å². The average molecular weight is 226 g/mol. The molecule has 0 saturated heterocycles. The molecule has 0 amide bonds. The summed E-state index contributed by atoms with van der Waals surface area (Å²) in [6.45, 7) is 10.4. The van der Waals surface area contributed by atoms with E-state index >= 15 is 0 Å². The Morgan fingerprint density at radius 3 is 2.06 bits per heavy atom. The molecule has 0 aromatic heterocycles. The summed E-state index contributed by atoms with van der Waals surface area (Å²) in [6, 6.07) is 2.23. The number of hydrogen-bond acceptors (Lipinski definition) is 2. The topological polar surface area (TPSA) is 15.3 Å². The summed E-state index contributed by atoms with van der Waals surface area (Å²) in [5, 5.41) is 3.66. The van der Waals surface area contributed by atoms with Crippen LogP contribution in [0, 0.1) is 5.92 Å². The average Bonchev–Trinajstić information content (AvgIpc) is 2.16. The Morgan fingerprint density at radius 1 is 1.06 bits per heavy atom. The van der Waals surface area contributed by atoms with Gasteiger partial charge in [0.05, 0.1) is 0 Å².